The molecular weight excluding hydrogens is 244 g/mol. The molecule has 14 heavy (non-hydrogen) atoms. The first kappa shape index (κ1) is 9.77. The molecule has 0 amide bonds. The van der Waals surface area contributed by atoms with E-state index in [1.54, 1.807) is 12.4 Å². The average molecular weight is 257 g/mol. The Morgan fingerprint density at radius 3 is 3.07 bits per heavy atom. The number of fused-ring (bicyclic) bond motifs is 1. The van der Waals surface area contributed by atoms with Gasteiger partial charge in [0, 0.05) is 6.20 Å². The summed E-state index contributed by atoms with van der Waals surface area (Å²) < 4.78 is 6.78. The third kappa shape index (κ3) is 1.71. The Morgan fingerprint density at radius 1 is 1.57 bits per heavy atom. The maximum Gasteiger partial charge on any atom is 0.160 e. The van der Waals surface area contributed by atoms with Crippen molar-refractivity contribution in [2.24, 2.45) is 5.92 Å². The summed E-state index contributed by atoms with van der Waals surface area (Å²) in [4.78, 5) is 4.08. The van der Waals surface area contributed by atoms with Crippen molar-refractivity contribution < 1.29 is 4.74 Å². The second kappa shape index (κ2) is 3.77. The summed E-state index contributed by atoms with van der Waals surface area (Å²) in [5.41, 5.74) is 0.969. The number of halogens is 1. The van der Waals surface area contributed by atoms with Crippen molar-refractivity contribution in [2.45, 2.75) is 20.0 Å². The molecule has 0 aliphatic carbocycles. The van der Waals surface area contributed by atoms with Crippen molar-refractivity contribution in [3.63, 3.8) is 0 Å². The quantitative estimate of drug-likeness (QED) is 0.839. The van der Waals surface area contributed by atoms with Crippen LogP contribution >= 0.6 is 15.9 Å². The topological polar surface area (TPSA) is 34.2 Å². The summed E-state index contributed by atoms with van der Waals surface area (Å²) in [6.45, 7) is 5.17. The fraction of sp³-hybridized carbons (Fsp3) is 0.500. The van der Waals surface area contributed by atoms with Gasteiger partial charge in [-0.1, -0.05) is 13.8 Å². The second-order valence-electron chi connectivity index (χ2n) is 3.78. The van der Waals surface area contributed by atoms with Gasteiger partial charge in [0.25, 0.3) is 0 Å². The van der Waals surface area contributed by atoms with Gasteiger partial charge >= 0.3 is 0 Å². The van der Waals surface area contributed by atoms with Crippen molar-refractivity contribution in [1.82, 2.24) is 4.98 Å². The van der Waals surface area contributed by atoms with E-state index in [0.717, 1.165) is 22.5 Å². The van der Waals surface area contributed by atoms with E-state index < -0.39 is 0 Å². The summed E-state index contributed by atoms with van der Waals surface area (Å²) in [6, 6.07) is 0. The molecule has 1 atom stereocenters. The Morgan fingerprint density at radius 2 is 2.36 bits per heavy atom. The Hall–Kier alpha value is -0.770. The zero-order chi connectivity index (χ0) is 10.1. The van der Waals surface area contributed by atoms with Gasteiger partial charge in [0.1, 0.15) is 6.10 Å². The van der Waals surface area contributed by atoms with Gasteiger partial charge in [-0.2, -0.15) is 0 Å². The molecule has 1 unspecified atom stereocenters. The number of pyridine rings is 1. The standard InChI is InChI=1S/C10H13BrN2O/c1-6(2)9-5-13-8-4-12-3-7(11)10(8)14-9/h3-4,6,9,13H,5H2,1-2H3. The number of hydrogen-bond acceptors (Lipinski definition) is 3. The summed E-state index contributed by atoms with van der Waals surface area (Å²) in [6.07, 6.45) is 3.78. The van der Waals surface area contributed by atoms with Gasteiger partial charge in [-0.05, 0) is 21.8 Å². The van der Waals surface area contributed by atoms with Crippen molar-refractivity contribution in [2.75, 3.05) is 11.9 Å². The molecule has 2 rings (SSSR count). The smallest absolute Gasteiger partial charge is 0.160 e. The fourth-order valence-electron chi connectivity index (χ4n) is 1.44. The number of ether oxygens (including phenoxy) is 1. The third-order valence-electron chi connectivity index (χ3n) is 2.36. The number of nitrogens with one attached hydrogen (secondary N) is 1. The van der Waals surface area contributed by atoms with Gasteiger partial charge in [0.2, 0.25) is 0 Å². The summed E-state index contributed by atoms with van der Waals surface area (Å²) in [5.74, 6) is 1.39. The zero-order valence-electron chi connectivity index (χ0n) is 8.25. The highest BCUT2D eigenvalue weighted by Crippen LogP contribution is 2.36. The lowest BCUT2D eigenvalue weighted by molar-refractivity contribution is 0.155. The van der Waals surface area contributed by atoms with E-state index in [4.69, 9.17) is 4.74 Å². The fourth-order valence-corrected chi connectivity index (χ4v) is 1.87. The molecule has 0 aromatic carbocycles. The second-order valence-corrected chi connectivity index (χ2v) is 4.63. The summed E-state index contributed by atoms with van der Waals surface area (Å²) in [7, 11) is 0. The number of aromatic nitrogens is 1. The van der Waals surface area contributed by atoms with Crippen LogP contribution in [0.1, 0.15) is 13.8 Å². The molecule has 3 nitrogen and oxygen atoms in total. The molecule has 0 saturated heterocycles. The molecule has 2 heterocycles. The molecule has 76 valence electrons. The van der Waals surface area contributed by atoms with Crippen LogP contribution in [0.2, 0.25) is 0 Å². The monoisotopic (exact) mass is 256 g/mol. The van der Waals surface area contributed by atoms with Crippen LogP contribution in [0.4, 0.5) is 5.69 Å². The van der Waals surface area contributed by atoms with E-state index >= 15 is 0 Å². The van der Waals surface area contributed by atoms with Gasteiger partial charge in [-0.15, -0.1) is 0 Å². The highest BCUT2D eigenvalue weighted by atomic mass is 79.9. The van der Waals surface area contributed by atoms with Gasteiger partial charge < -0.3 is 10.1 Å². The van der Waals surface area contributed by atoms with Crippen LogP contribution in [0.15, 0.2) is 16.9 Å². The normalized spacial score (nSPS) is 19.9. The Labute approximate surface area is 92.0 Å². The predicted molar refractivity (Wildman–Crippen MR) is 59.7 cm³/mol. The molecule has 1 N–H and O–H groups in total. The largest absolute Gasteiger partial charge is 0.485 e. The minimum atomic E-state index is 0.237. The lowest BCUT2D eigenvalue weighted by atomic mass is 10.1. The highest BCUT2D eigenvalue weighted by molar-refractivity contribution is 9.10. The molecule has 0 bridgehead atoms. The maximum absolute atomic E-state index is 5.87. The number of hydrogen-bond donors (Lipinski definition) is 1. The van der Waals surface area contributed by atoms with Crippen LogP contribution in [0, 0.1) is 5.92 Å². The lowest BCUT2D eigenvalue weighted by Gasteiger charge is -2.30. The molecule has 0 spiro atoms. The SMILES string of the molecule is CC(C)C1CNc2cncc(Br)c2O1. The molecule has 4 heteroatoms. The molecule has 0 fully saturated rings. The van der Waals surface area contributed by atoms with Crippen molar-refractivity contribution in [3.05, 3.63) is 16.9 Å². The first-order valence-corrected chi connectivity index (χ1v) is 5.52. The Kier molecular flexibility index (Phi) is 2.63. The molecular formula is C10H13BrN2O. The zero-order valence-corrected chi connectivity index (χ0v) is 9.84. The van der Waals surface area contributed by atoms with Crippen LogP contribution in [-0.2, 0) is 0 Å². The maximum atomic E-state index is 5.87. The van der Waals surface area contributed by atoms with E-state index in [1.807, 2.05) is 0 Å². The highest BCUT2D eigenvalue weighted by Gasteiger charge is 2.23. The van der Waals surface area contributed by atoms with Crippen LogP contribution < -0.4 is 10.1 Å². The Balaban J connectivity index is 2.29. The number of anilines is 1. The van der Waals surface area contributed by atoms with Crippen molar-refractivity contribution >= 4 is 21.6 Å². The van der Waals surface area contributed by atoms with E-state index in [9.17, 15) is 0 Å². The third-order valence-corrected chi connectivity index (χ3v) is 2.92. The van der Waals surface area contributed by atoms with Crippen molar-refractivity contribution in [1.29, 1.82) is 0 Å². The molecule has 0 saturated carbocycles. The van der Waals surface area contributed by atoms with Gasteiger partial charge in [-0.25, -0.2) is 0 Å². The van der Waals surface area contributed by atoms with E-state index in [2.05, 4.69) is 40.1 Å². The number of nitrogens with zero attached hydrogens (tertiary/aromatic N) is 1. The van der Waals surface area contributed by atoms with E-state index in [0.29, 0.717) is 5.92 Å². The average Bonchev–Trinajstić information content (AvgIpc) is 2.18. The van der Waals surface area contributed by atoms with Crippen LogP contribution in [0.5, 0.6) is 5.75 Å². The number of rotatable bonds is 1. The van der Waals surface area contributed by atoms with Crippen LogP contribution in [-0.4, -0.2) is 17.6 Å². The molecule has 1 aromatic heterocycles. The molecule has 1 aliphatic rings. The van der Waals surface area contributed by atoms with Crippen LogP contribution in [0.3, 0.4) is 0 Å². The predicted octanol–water partition coefficient (Wildman–Crippen LogP) is 2.67. The van der Waals surface area contributed by atoms with Gasteiger partial charge in [-0.3, -0.25) is 4.98 Å². The van der Waals surface area contributed by atoms with Gasteiger partial charge in [0.15, 0.2) is 5.75 Å². The molecule has 1 aromatic rings. The molecule has 1 aliphatic heterocycles. The minimum Gasteiger partial charge on any atom is -0.485 e. The van der Waals surface area contributed by atoms with Gasteiger partial charge in [0.05, 0.1) is 22.9 Å². The van der Waals surface area contributed by atoms with E-state index in [-0.39, 0.29) is 6.10 Å². The Bertz CT molecular complexity index is 341. The summed E-state index contributed by atoms with van der Waals surface area (Å²) >= 11 is 3.43. The summed E-state index contributed by atoms with van der Waals surface area (Å²) in [5, 5.41) is 3.32. The first-order chi connectivity index (χ1) is 6.68. The van der Waals surface area contributed by atoms with E-state index in [1.165, 1.54) is 0 Å². The minimum absolute atomic E-state index is 0.237. The lowest BCUT2D eigenvalue weighted by Crippen LogP contribution is -2.35. The van der Waals surface area contributed by atoms with Crippen molar-refractivity contribution in [3.8, 4) is 5.75 Å². The van der Waals surface area contributed by atoms with Crippen LogP contribution in [0.25, 0.3) is 0 Å². The molecule has 0 radical (unpaired) electrons. The first-order valence-electron chi connectivity index (χ1n) is 4.72.